The zero-order valence-corrected chi connectivity index (χ0v) is 11.1. The molecule has 0 heterocycles. The quantitative estimate of drug-likeness (QED) is 0.757. The summed E-state index contributed by atoms with van der Waals surface area (Å²) in [6.45, 7) is 1.33. The number of hydrogen-bond acceptors (Lipinski definition) is 5. The number of carbonyl (C=O) groups is 1. The normalized spacial score (nSPS) is 10.5. The fraction of sp³-hybridized carbons (Fsp3) is 0.462. The summed E-state index contributed by atoms with van der Waals surface area (Å²) < 4.78 is 9.92. The van der Waals surface area contributed by atoms with Gasteiger partial charge in [-0.2, -0.15) is 0 Å². The fourth-order valence-corrected chi connectivity index (χ4v) is 1.71. The van der Waals surface area contributed by atoms with E-state index in [1.807, 2.05) is 30.1 Å². The molecule has 0 aliphatic heterocycles. The van der Waals surface area contributed by atoms with Gasteiger partial charge in [0.1, 0.15) is 5.75 Å². The van der Waals surface area contributed by atoms with Crippen molar-refractivity contribution in [2.75, 3.05) is 27.8 Å². The Kier molecular flexibility index (Phi) is 5.61. The molecule has 0 fully saturated rings. The second-order valence-corrected chi connectivity index (χ2v) is 4.10. The Morgan fingerprint density at radius 1 is 1.39 bits per heavy atom. The summed E-state index contributed by atoms with van der Waals surface area (Å²) in [7, 11) is 4.86. The van der Waals surface area contributed by atoms with Gasteiger partial charge in [-0.3, -0.25) is 9.69 Å². The first-order valence-corrected chi connectivity index (χ1v) is 5.72. The minimum Gasteiger partial charge on any atom is -0.496 e. The number of nitrogens with two attached hydrogens (primary N) is 1. The van der Waals surface area contributed by atoms with Gasteiger partial charge in [-0.1, -0.05) is 6.07 Å². The SMILES string of the molecule is COC(=O)CN(C)Cc1cc(CN)ccc1OC. The Morgan fingerprint density at radius 3 is 2.67 bits per heavy atom. The molecule has 1 aromatic carbocycles. The topological polar surface area (TPSA) is 64.8 Å². The molecule has 100 valence electrons. The van der Waals surface area contributed by atoms with E-state index >= 15 is 0 Å². The van der Waals surface area contributed by atoms with Crippen molar-refractivity contribution in [1.29, 1.82) is 0 Å². The Labute approximate surface area is 107 Å². The third kappa shape index (κ3) is 4.01. The predicted octanol–water partition coefficient (Wildman–Crippen LogP) is 0.759. The molecular formula is C13H20N2O3. The fourth-order valence-electron chi connectivity index (χ4n) is 1.71. The van der Waals surface area contributed by atoms with Crippen LogP contribution in [0.25, 0.3) is 0 Å². The molecule has 0 aliphatic carbocycles. The van der Waals surface area contributed by atoms with Gasteiger partial charge in [-0.15, -0.1) is 0 Å². The number of hydrogen-bond donors (Lipinski definition) is 1. The van der Waals surface area contributed by atoms with Gasteiger partial charge in [0.05, 0.1) is 20.8 Å². The van der Waals surface area contributed by atoms with Gasteiger partial charge in [0.15, 0.2) is 0 Å². The van der Waals surface area contributed by atoms with E-state index < -0.39 is 0 Å². The zero-order chi connectivity index (χ0) is 13.5. The van der Waals surface area contributed by atoms with Crippen molar-refractivity contribution < 1.29 is 14.3 Å². The molecule has 0 aromatic heterocycles. The first-order valence-electron chi connectivity index (χ1n) is 5.72. The molecule has 1 rings (SSSR count). The first-order chi connectivity index (χ1) is 8.60. The Morgan fingerprint density at radius 2 is 2.11 bits per heavy atom. The summed E-state index contributed by atoms with van der Waals surface area (Å²) in [4.78, 5) is 13.0. The molecule has 5 heteroatoms. The van der Waals surface area contributed by atoms with Crippen LogP contribution in [0, 0.1) is 0 Å². The van der Waals surface area contributed by atoms with Gasteiger partial charge in [-0.05, 0) is 24.7 Å². The lowest BCUT2D eigenvalue weighted by molar-refractivity contribution is -0.141. The number of carbonyl (C=O) groups excluding carboxylic acids is 1. The first kappa shape index (κ1) is 14.5. The molecule has 0 radical (unpaired) electrons. The summed E-state index contributed by atoms with van der Waals surface area (Å²) >= 11 is 0. The lowest BCUT2D eigenvalue weighted by Gasteiger charge is -2.17. The van der Waals surface area contributed by atoms with Crippen LogP contribution in [0.2, 0.25) is 0 Å². The standard InChI is InChI=1S/C13H20N2O3/c1-15(9-13(16)18-3)8-11-6-10(7-14)4-5-12(11)17-2/h4-6H,7-9,14H2,1-3H3. The van der Waals surface area contributed by atoms with Crippen molar-refractivity contribution in [2.45, 2.75) is 13.1 Å². The number of rotatable bonds is 6. The smallest absolute Gasteiger partial charge is 0.319 e. The highest BCUT2D eigenvalue weighted by Crippen LogP contribution is 2.21. The molecule has 0 atom stereocenters. The molecule has 18 heavy (non-hydrogen) atoms. The van der Waals surface area contributed by atoms with Crippen LogP contribution in [0.5, 0.6) is 5.75 Å². The molecule has 0 spiro atoms. The van der Waals surface area contributed by atoms with Crippen LogP contribution in [0.4, 0.5) is 0 Å². The van der Waals surface area contributed by atoms with E-state index in [1.54, 1.807) is 7.11 Å². The van der Waals surface area contributed by atoms with Crippen molar-refractivity contribution in [1.82, 2.24) is 4.90 Å². The number of ether oxygens (including phenoxy) is 2. The van der Waals surface area contributed by atoms with E-state index in [4.69, 9.17) is 10.5 Å². The number of benzene rings is 1. The molecule has 0 unspecified atom stereocenters. The predicted molar refractivity (Wildman–Crippen MR) is 69.2 cm³/mol. The summed E-state index contributed by atoms with van der Waals surface area (Å²) in [6, 6.07) is 5.82. The summed E-state index contributed by atoms with van der Waals surface area (Å²) in [5.41, 5.74) is 7.66. The third-order valence-electron chi connectivity index (χ3n) is 2.65. The number of methoxy groups -OCH3 is 2. The maximum Gasteiger partial charge on any atom is 0.319 e. The molecular weight excluding hydrogens is 232 g/mol. The molecule has 0 saturated carbocycles. The number of nitrogens with zero attached hydrogens (tertiary/aromatic N) is 1. The minimum absolute atomic E-state index is 0.243. The summed E-state index contributed by atoms with van der Waals surface area (Å²) in [5.74, 6) is 0.537. The highest BCUT2D eigenvalue weighted by atomic mass is 16.5. The molecule has 1 aromatic rings. The van der Waals surface area contributed by atoms with Gasteiger partial charge in [0.25, 0.3) is 0 Å². The summed E-state index contributed by atoms with van der Waals surface area (Å²) in [6.07, 6.45) is 0. The lowest BCUT2D eigenvalue weighted by atomic mass is 10.1. The zero-order valence-electron chi connectivity index (χ0n) is 11.1. The van der Waals surface area contributed by atoms with E-state index in [1.165, 1.54) is 7.11 Å². The minimum atomic E-state index is -0.258. The number of likely N-dealkylation sites (N-methyl/N-ethyl adjacent to an activating group) is 1. The summed E-state index contributed by atoms with van der Waals surface area (Å²) in [5, 5.41) is 0. The maximum atomic E-state index is 11.2. The molecule has 0 bridgehead atoms. The van der Waals surface area contributed by atoms with Gasteiger partial charge >= 0.3 is 5.97 Å². The van der Waals surface area contributed by atoms with Crippen LogP contribution in [-0.2, 0) is 22.6 Å². The molecule has 0 aliphatic rings. The van der Waals surface area contributed by atoms with Crippen LogP contribution < -0.4 is 10.5 Å². The van der Waals surface area contributed by atoms with Gasteiger partial charge in [0, 0.05) is 18.7 Å². The van der Waals surface area contributed by atoms with E-state index in [0.29, 0.717) is 13.1 Å². The molecule has 5 nitrogen and oxygen atoms in total. The maximum absolute atomic E-state index is 11.2. The number of esters is 1. The largest absolute Gasteiger partial charge is 0.496 e. The van der Waals surface area contributed by atoms with Gasteiger partial charge in [-0.25, -0.2) is 0 Å². The second kappa shape index (κ2) is 6.98. The second-order valence-electron chi connectivity index (χ2n) is 4.10. The average molecular weight is 252 g/mol. The monoisotopic (exact) mass is 252 g/mol. The average Bonchev–Trinajstić information content (AvgIpc) is 2.38. The lowest BCUT2D eigenvalue weighted by Crippen LogP contribution is -2.26. The van der Waals surface area contributed by atoms with Crippen LogP contribution in [0.1, 0.15) is 11.1 Å². The Balaban J connectivity index is 2.78. The third-order valence-corrected chi connectivity index (χ3v) is 2.65. The van der Waals surface area contributed by atoms with Crippen molar-refractivity contribution >= 4 is 5.97 Å². The molecule has 0 amide bonds. The van der Waals surface area contributed by atoms with Crippen molar-refractivity contribution in [2.24, 2.45) is 5.73 Å². The van der Waals surface area contributed by atoms with Crippen molar-refractivity contribution in [3.8, 4) is 5.75 Å². The van der Waals surface area contributed by atoms with E-state index in [9.17, 15) is 4.79 Å². The van der Waals surface area contributed by atoms with Crippen molar-refractivity contribution in [3.05, 3.63) is 29.3 Å². The van der Waals surface area contributed by atoms with Crippen LogP contribution in [0.3, 0.4) is 0 Å². The molecule has 0 saturated heterocycles. The van der Waals surface area contributed by atoms with E-state index in [2.05, 4.69) is 4.74 Å². The van der Waals surface area contributed by atoms with Crippen LogP contribution in [-0.4, -0.2) is 38.7 Å². The van der Waals surface area contributed by atoms with Crippen LogP contribution in [0.15, 0.2) is 18.2 Å². The Hall–Kier alpha value is -1.59. The van der Waals surface area contributed by atoms with Crippen molar-refractivity contribution in [3.63, 3.8) is 0 Å². The van der Waals surface area contributed by atoms with E-state index in [0.717, 1.165) is 16.9 Å². The highest BCUT2D eigenvalue weighted by molar-refractivity contribution is 5.71. The van der Waals surface area contributed by atoms with Crippen LogP contribution >= 0.6 is 0 Å². The highest BCUT2D eigenvalue weighted by Gasteiger charge is 2.10. The van der Waals surface area contributed by atoms with Gasteiger partial charge < -0.3 is 15.2 Å². The molecule has 2 N–H and O–H groups in total. The van der Waals surface area contributed by atoms with E-state index in [-0.39, 0.29) is 12.5 Å². The van der Waals surface area contributed by atoms with Gasteiger partial charge in [0.2, 0.25) is 0 Å². The Bertz CT molecular complexity index is 407.